The predicted molar refractivity (Wildman–Crippen MR) is 133 cm³/mol. The first-order valence-electron chi connectivity index (χ1n) is 11.4. The van der Waals surface area contributed by atoms with E-state index in [1.165, 1.54) is 0 Å². The Balaban J connectivity index is 1.68. The van der Waals surface area contributed by atoms with Gasteiger partial charge in [0.2, 0.25) is 0 Å². The molecule has 3 aromatic rings. The zero-order valence-corrected chi connectivity index (χ0v) is 20.7. The fourth-order valence-electron chi connectivity index (χ4n) is 3.75. The summed E-state index contributed by atoms with van der Waals surface area (Å²) < 4.78 is 7.44. The molecule has 3 N–H and O–H groups in total. The lowest BCUT2D eigenvalue weighted by atomic mass is 10.0. The zero-order valence-electron chi connectivity index (χ0n) is 20.0. The van der Waals surface area contributed by atoms with Crippen LogP contribution in [0.15, 0.2) is 48.7 Å². The van der Waals surface area contributed by atoms with Gasteiger partial charge < -0.3 is 24.8 Å². The van der Waals surface area contributed by atoms with Crippen molar-refractivity contribution in [2.75, 3.05) is 6.61 Å². The maximum absolute atomic E-state index is 12.8. The summed E-state index contributed by atoms with van der Waals surface area (Å²) >= 11 is 6.27. The van der Waals surface area contributed by atoms with Crippen LogP contribution in [-0.2, 0) is 13.5 Å². The molecule has 1 amide bonds. The summed E-state index contributed by atoms with van der Waals surface area (Å²) in [5, 5.41) is 22.7. The van der Waals surface area contributed by atoms with Gasteiger partial charge in [0.25, 0.3) is 5.91 Å². The minimum absolute atomic E-state index is 0.0181. The van der Waals surface area contributed by atoms with Crippen molar-refractivity contribution in [2.45, 2.75) is 51.9 Å². The zero-order chi connectivity index (χ0) is 24.8. The number of aryl methyl sites for hydroxylation is 1. The second kappa shape index (κ2) is 11.5. The molecular formula is C26H32ClN3O4. The monoisotopic (exact) mass is 485 g/mol. The van der Waals surface area contributed by atoms with Gasteiger partial charge in [0.05, 0.1) is 16.8 Å². The lowest BCUT2D eigenvalue weighted by Gasteiger charge is -2.19. The molecule has 8 heteroatoms. The number of nitrogens with zero attached hydrogens (tertiary/aromatic N) is 2. The SMILES string of the molecule is CC(C)Oc1ccc(C(=O)N[C@H](CCO)Cc2ccc(-c3cn(C)c(C(C)O)n3)cc2)cc1Cl. The minimum Gasteiger partial charge on any atom is -0.489 e. The number of aromatic nitrogens is 2. The number of halogens is 1. The van der Waals surface area contributed by atoms with Crippen molar-refractivity contribution >= 4 is 17.5 Å². The van der Waals surface area contributed by atoms with Crippen LogP contribution in [0.5, 0.6) is 5.75 Å². The van der Waals surface area contributed by atoms with Gasteiger partial charge in [0, 0.05) is 37.0 Å². The molecular weight excluding hydrogens is 454 g/mol. The number of carbonyl (C=O) groups is 1. The lowest BCUT2D eigenvalue weighted by Crippen LogP contribution is -2.37. The molecule has 2 atom stereocenters. The number of ether oxygens (including phenoxy) is 1. The van der Waals surface area contributed by atoms with Crippen LogP contribution in [0.25, 0.3) is 11.3 Å². The maximum Gasteiger partial charge on any atom is 0.251 e. The molecule has 1 heterocycles. The molecule has 3 rings (SSSR count). The summed E-state index contributed by atoms with van der Waals surface area (Å²) in [5.41, 5.74) is 3.18. The number of amides is 1. The van der Waals surface area contributed by atoms with Crippen LogP contribution in [-0.4, -0.2) is 44.4 Å². The Morgan fingerprint density at radius 1 is 1.18 bits per heavy atom. The van der Waals surface area contributed by atoms with Gasteiger partial charge in [-0.1, -0.05) is 35.9 Å². The normalized spacial score (nSPS) is 13.1. The van der Waals surface area contributed by atoms with Gasteiger partial charge in [-0.25, -0.2) is 4.98 Å². The van der Waals surface area contributed by atoms with Crippen molar-refractivity contribution in [3.8, 4) is 17.0 Å². The first kappa shape index (κ1) is 25.7. The third-order valence-electron chi connectivity index (χ3n) is 5.39. The van der Waals surface area contributed by atoms with Crippen molar-refractivity contribution in [3.05, 3.63) is 70.6 Å². The first-order chi connectivity index (χ1) is 16.2. The average Bonchev–Trinajstić information content (AvgIpc) is 3.17. The lowest BCUT2D eigenvalue weighted by molar-refractivity contribution is 0.0930. The van der Waals surface area contributed by atoms with Crippen LogP contribution >= 0.6 is 11.6 Å². The first-order valence-corrected chi connectivity index (χ1v) is 11.7. The summed E-state index contributed by atoms with van der Waals surface area (Å²) in [6.45, 7) is 5.46. The van der Waals surface area contributed by atoms with Crippen LogP contribution in [0.2, 0.25) is 5.02 Å². The Kier molecular flexibility index (Phi) is 8.72. The summed E-state index contributed by atoms with van der Waals surface area (Å²) in [7, 11) is 1.85. The Bertz CT molecular complexity index is 1110. The predicted octanol–water partition coefficient (Wildman–Crippen LogP) is 4.30. The molecule has 182 valence electrons. The summed E-state index contributed by atoms with van der Waals surface area (Å²) in [4.78, 5) is 17.3. The molecule has 0 aliphatic rings. The van der Waals surface area contributed by atoms with E-state index in [0.29, 0.717) is 35.0 Å². The molecule has 0 radical (unpaired) electrons. The van der Waals surface area contributed by atoms with Gasteiger partial charge in [0.15, 0.2) is 0 Å². The van der Waals surface area contributed by atoms with Crippen LogP contribution in [0.1, 0.15) is 55.0 Å². The molecule has 1 unspecified atom stereocenters. The fourth-order valence-corrected chi connectivity index (χ4v) is 3.97. The standard InChI is InChI=1S/C26H32ClN3O4/c1-16(2)34-24-10-9-20(14-22(24)27)26(33)28-21(11-12-31)13-18-5-7-19(8-6-18)23-15-30(4)25(29-23)17(3)32/h5-10,14-17,21,31-32H,11-13H2,1-4H3,(H,28,33)/t17?,21-/m1/s1. The van der Waals surface area contributed by atoms with E-state index >= 15 is 0 Å². The Morgan fingerprint density at radius 3 is 2.44 bits per heavy atom. The van der Waals surface area contributed by atoms with Crippen LogP contribution in [0, 0.1) is 0 Å². The smallest absolute Gasteiger partial charge is 0.251 e. The molecule has 0 saturated carbocycles. The third kappa shape index (κ3) is 6.59. The number of rotatable bonds is 10. The molecule has 1 aromatic heterocycles. The van der Waals surface area contributed by atoms with Gasteiger partial charge >= 0.3 is 0 Å². The van der Waals surface area contributed by atoms with Gasteiger partial charge in [-0.15, -0.1) is 0 Å². The van der Waals surface area contributed by atoms with Crippen molar-refractivity contribution in [1.82, 2.24) is 14.9 Å². The molecule has 34 heavy (non-hydrogen) atoms. The highest BCUT2D eigenvalue weighted by Crippen LogP contribution is 2.27. The van der Waals surface area contributed by atoms with E-state index in [2.05, 4.69) is 10.3 Å². The van der Waals surface area contributed by atoms with Crippen LogP contribution < -0.4 is 10.1 Å². The highest BCUT2D eigenvalue weighted by atomic mass is 35.5. The topological polar surface area (TPSA) is 96.6 Å². The number of hydrogen-bond donors (Lipinski definition) is 3. The van der Waals surface area contributed by atoms with Crippen molar-refractivity contribution < 1.29 is 19.7 Å². The fraction of sp³-hybridized carbons (Fsp3) is 0.385. The molecule has 0 aliphatic heterocycles. The molecule has 0 spiro atoms. The van der Waals surface area contributed by atoms with Gasteiger partial charge in [0.1, 0.15) is 17.7 Å². The van der Waals surface area contributed by atoms with E-state index in [0.717, 1.165) is 16.8 Å². The largest absolute Gasteiger partial charge is 0.489 e. The summed E-state index contributed by atoms with van der Waals surface area (Å²) in [6.07, 6.45) is 2.21. The second-order valence-electron chi connectivity index (χ2n) is 8.67. The summed E-state index contributed by atoms with van der Waals surface area (Å²) in [6, 6.07) is 12.6. The number of carbonyl (C=O) groups excluding carboxylic acids is 1. The highest BCUT2D eigenvalue weighted by molar-refractivity contribution is 6.32. The molecule has 0 aliphatic carbocycles. The van der Waals surface area contributed by atoms with Crippen molar-refractivity contribution in [3.63, 3.8) is 0 Å². The van der Waals surface area contributed by atoms with Crippen molar-refractivity contribution in [1.29, 1.82) is 0 Å². The molecule has 7 nitrogen and oxygen atoms in total. The van der Waals surface area contributed by atoms with E-state index in [4.69, 9.17) is 16.3 Å². The Hall–Kier alpha value is -2.87. The molecule has 0 fully saturated rings. The van der Waals surface area contributed by atoms with E-state index in [-0.39, 0.29) is 24.7 Å². The van der Waals surface area contributed by atoms with Crippen LogP contribution in [0.3, 0.4) is 0 Å². The summed E-state index contributed by atoms with van der Waals surface area (Å²) in [5.74, 6) is 0.884. The third-order valence-corrected chi connectivity index (χ3v) is 5.68. The Labute approximate surface area is 205 Å². The number of imidazole rings is 1. The van der Waals surface area contributed by atoms with Gasteiger partial charge in [-0.3, -0.25) is 4.79 Å². The maximum atomic E-state index is 12.8. The van der Waals surface area contributed by atoms with E-state index in [1.54, 1.807) is 25.1 Å². The number of nitrogens with one attached hydrogen (secondary N) is 1. The highest BCUT2D eigenvalue weighted by Gasteiger charge is 2.17. The van der Waals surface area contributed by atoms with E-state index in [9.17, 15) is 15.0 Å². The number of aliphatic hydroxyl groups excluding tert-OH is 2. The second-order valence-corrected chi connectivity index (χ2v) is 9.07. The number of benzene rings is 2. The van der Waals surface area contributed by atoms with Crippen molar-refractivity contribution in [2.24, 2.45) is 7.05 Å². The van der Waals surface area contributed by atoms with E-state index < -0.39 is 6.10 Å². The molecule has 2 aromatic carbocycles. The van der Waals surface area contributed by atoms with E-state index in [1.807, 2.05) is 55.9 Å². The van der Waals surface area contributed by atoms with Gasteiger partial charge in [-0.05, 0) is 57.4 Å². The molecule has 0 saturated heterocycles. The van der Waals surface area contributed by atoms with Gasteiger partial charge in [-0.2, -0.15) is 0 Å². The average molecular weight is 486 g/mol. The van der Waals surface area contributed by atoms with Crippen LogP contribution in [0.4, 0.5) is 0 Å². The minimum atomic E-state index is -0.644. The Morgan fingerprint density at radius 2 is 1.88 bits per heavy atom. The number of aliphatic hydroxyl groups is 2. The molecule has 0 bridgehead atoms. The number of hydrogen-bond acceptors (Lipinski definition) is 5. The quantitative estimate of drug-likeness (QED) is 0.397.